The number of carboxylic acid groups (broad SMARTS) is 1. The largest absolute Gasteiger partial charge is 0.481 e. The van der Waals surface area contributed by atoms with Gasteiger partial charge in [-0.05, 0) is 12.8 Å². The highest BCUT2D eigenvalue weighted by atomic mass is 16.5. The minimum absolute atomic E-state index is 0.157. The van der Waals surface area contributed by atoms with Crippen LogP contribution in [0.5, 0.6) is 0 Å². The van der Waals surface area contributed by atoms with Crippen molar-refractivity contribution in [3.63, 3.8) is 0 Å². The molecular formula is C32H62O4. The van der Waals surface area contributed by atoms with Gasteiger partial charge in [0.05, 0.1) is 6.61 Å². The molecule has 0 aliphatic rings. The summed E-state index contributed by atoms with van der Waals surface area (Å²) in [5, 5.41) is 8.62. The lowest BCUT2D eigenvalue weighted by Crippen LogP contribution is -2.00. The number of hydrogen-bond acceptors (Lipinski definition) is 3. The molecule has 0 unspecified atom stereocenters. The summed E-state index contributed by atoms with van der Waals surface area (Å²) < 4.78 is 4.96. The van der Waals surface area contributed by atoms with Gasteiger partial charge in [0.15, 0.2) is 0 Å². The molecule has 0 aliphatic carbocycles. The Morgan fingerprint density at radius 1 is 0.417 bits per heavy atom. The molecule has 0 aromatic rings. The van der Waals surface area contributed by atoms with Crippen molar-refractivity contribution < 1.29 is 19.4 Å². The van der Waals surface area contributed by atoms with Crippen molar-refractivity contribution >= 4 is 11.9 Å². The van der Waals surface area contributed by atoms with E-state index < -0.39 is 5.97 Å². The zero-order valence-corrected chi connectivity index (χ0v) is 24.2. The van der Waals surface area contributed by atoms with E-state index >= 15 is 0 Å². The smallest absolute Gasteiger partial charge is 0.303 e. The molecule has 0 aromatic heterocycles. The molecule has 1 N–H and O–H groups in total. The van der Waals surface area contributed by atoms with E-state index in [1.807, 2.05) is 0 Å². The lowest BCUT2D eigenvalue weighted by atomic mass is 10.0. The fourth-order valence-corrected chi connectivity index (χ4v) is 5.01. The van der Waals surface area contributed by atoms with E-state index in [1.54, 1.807) is 0 Å². The topological polar surface area (TPSA) is 63.6 Å². The van der Waals surface area contributed by atoms with Gasteiger partial charge in [-0.25, -0.2) is 0 Å². The molecule has 0 atom stereocenters. The van der Waals surface area contributed by atoms with E-state index in [0.29, 0.717) is 13.0 Å². The molecule has 0 saturated heterocycles. The molecule has 0 amide bonds. The Bertz CT molecular complexity index is 421. The maximum Gasteiger partial charge on any atom is 0.303 e. The summed E-state index contributed by atoms with van der Waals surface area (Å²) in [7, 11) is 0. The predicted octanol–water partition coefficient (Wildman–Crippen LogP) is 10.6. The Morgan fingerprint density at radius 2 is 0.639 bits per heavy atom. The van der Waals surface area contributed by atoms with Gasteiger partial charge in [-0.1, -0.05) is 161 Å². The van der Waals surface area contributed by atoms with Crippen molar-refractivity contribution in [2.45, 2.75) is 187 Å². The number of aliphatic carboxylic acids is 1. The van der Waals surface area contributed by atoms with Crippen molar-refractivity contribution in [1.82, 2.24) is 0 Å². The third-order valence-electron chi connectivity index (χ3n) is 7.34. The van der Waals surface area contributed by atoms with Crippen molar-refractivity contribution in [2.24, 2.45) is 0 Å². The van der Waals surface area contributed by atoms with E-state index in [9.17, 15) is 9.59 Å². The van der Waals surface area contributed by atoms with Crippen LogP contribution in [0.15, 0.2) is 0 Å². The van der Waals surface area contributed by atoms with Gasteiger partial charge in [0.2, 0.25) is 0 Å². The maximum atomic E-state index is 10.7. The van der Waals surface area contributed by atoms with Crippen molar-refractivity contribution in [3.05, 3.63) is 0 Å². The Morgan fingerprint density at radius 3 is 0.861 bits per heavy atom. The summed E-state index contributed by atoms with van der Waals surface area (Å²) >= 11 is 0. The number of hydrogen-bond donors (Lipinski definition) is 1. The highest BCUT2D eigenvalue weighted by Crippen LogP contribution is 2.16. The van der Waals surface area contributed by atoms with Crippen LogP contribution in [0.1, 0.15) is 187 Å². The van der Waals surface area contributed by atoms with E-state index in [1.165, 1.54) is 161 Å². The predicted molar refractivity (Wildman–Crippen MR) is 154 cm³/mol. The van der Waals surface area contributed by atoms with Gasteiger partial charge in [-0.3, -0.25) is 9.59 Å². The van der Waals surface area contributed by atoms with Crippen LogP contribution in [0.2, 0.25) is 0 Å². The Hall–Kier alpha value is -1.06. The molecule has 0 fully saturated rings. The number of carboxylic acids is 1. The molecule has 0 aromatic carbocycles. The van der Waals surface area contributed by atoms with Gasteiger partial charge in [0.25, 0.3) is 0 Å². The second-order valence-corrected chi connectivity index (χ2v) is 11.0. The molecule has 0 aliphatic heterocycles. The third kappa shape index (κ3) is 32.9. The Balaban J connectivity index is 3.03. The monoisotopic (exact) mass is 510 g/mol. The molecule has 4 nitrogen and oxygen atoms in total. The first-order valence-corrected chi connectivity index (χ1v) is 16.0. The maximum absolute atomic E-state index is 10.7. The summed E-state index contributed by atoms with van der Waals surface area (Å²) in [5.74, 6) is -0.812. The van der Waals surface area contributed by atoms with Gasteiger partial charge in [0.1, 0.15) is 0 Å². The zero-order valence-electron chi connectivity index (χ0n) is 24.2. The Kier molecular flexibility index (Phi) is 29.3. The second-order valence-electron chi connectivity index (χ2n) is 11.0. The van der Waals surface area contributed by atoms with Gasteiger partial charge < -0.3 is 9.84 Å². The van der Waals surface area contributed by atoms with Crippen LogP contribution in [0.25, 0.3) is 0 Å². The van der Waals surface area contributed by atoms with E-state index in [4.69, 9.17) is 9.84 Å². The summed E-state index contributed by atoms with van der Waals surface area (Å²) in [6.07, 6.45) is 36.4. The van der Waals surface area contributed by atoms with Crippen molar-refractivity contribution in [2.75, 3.05) is 6.61 Å². The average Bonchev–Trinajstić information content (AvgIpc) is 2.85. The SMILES string of the molecule is CC(=O)OCCCCCCCCCCCCCCCCCCCCCCCCCCCCCC(=O)O. The number of rotatable bonds is 30. The first kappa shape index (κ1) is 34.9. The molecule has 0 heterocycles. The van der Waals surface area contributed by atoms with E-state index in [0.717, 1.165) is 19.3 Å². The minimum Gasteiger partial charge on any atom is -0.481 e. The number of esters is 1. The summed E-state index contributed by atoms with van der Waals surface area (Å²) in [6.45, 7) is 2.08. The lowest BCUT2D eigenvalue weighted by Gasteiger charge is -2.05. The highest BCUT2D eigenvalue weighted by molar-refractivity contribution is 5.66. The van der Waals surface area contributed by atoms with Crippen LogP contribution < -0.4 is 0 Å². The fourth-order valence-electron chi connectivity index (χ4n) is 5.01. The van der Waals surface area contributed by atoms with Gasteiger partial charge in [0, 0.05) is 13.3 Å². The lowest BCUT2D eigenvalue weighted by molar-refractivity contribution is -0.141. The van der Waals surface area contributed by atoms with Crippen LogP contribution in [0.4, 0.5) is 0 Å². The van der Waals surface area contributed by atoms with Crippen LogP contribution >= 0.6 is 0 Å². The van der Waals surface area contributed by atoms with Crippen molar-refractivity contribution in [3.8, 4) is 0 Å². The molecule has 0 radical (unpaired) electrons. The molecule has 0 bridgehead atoms. The van der Waals surface area contributed by atoms with Gasteiger partial charge >= 0.3 is 11.9 Å². The molecule has 0 saturated carbocycles. The molecule has 0 spiro atoms. The standard InChI is InChI=1S/C32H62O4/c1-31(33)36-30-28-26-24-22-20-18-16-14-12-10-8-6-4-2-3-5-7-9-11-13-15-17-19-21-23-25-27-29-32(34)35/h2-30H2,1H3,(H,34,35). The van der Waals surface area contributed by atoms with Gasteiger partial charge in [-0.2, -0.15) is 0 Å². The number of ether oxygens (including phenoxy) is 1. The molecule has 36 heavy (non-hydrogen) atoms. The highest BCUT2D eigenvalue weighted by Gasteiger charge is 1.98. The normalized spacial score (nSPS) is 11.1. The van der Waals surface area contributed by atoms with E-state index in [2.05, 4.69) is 0 Å². The summed E-state index contributed by atoms with van der Waals surface area (Å²) in [5.41, 5.74) is 0. The fraction of sp³-hybridized carbons (Fsp3) is 0.938. The average molecular weight is 511 g/mol. The first-order valence-electron chi connectivity index (χ1n) is 16.0. The molecule has 214 valence electrons. The molecule has 4 heteroatoms. The van der Waals surface area contributed by atoms with Crippen LogP contribution in [-0.4, -0.2) is 23.7 Å². The van der Waals surface area contributed by atoms with Crippen LogP contribution in [0, 0.1) is 0 Å². The second kappa shape index (κ2) is 30.2. The number of carbonyl (C=O) groups excluding carboxylic acids is 1. The van der Waals surface area contributed by atoms with Crippen LogP contribution in [-0.2, 0) is 14.3 Å². The zero-order chi connectivity index (χ0) is 26.4. The van der Waals surface area contributed by atoms with Gasteiger partial charge in [-0.15, -0.1) is 0 Å². The molecule has 0 rings (SSSR count). The third-order valence-corrected chi connectivity index (χ3v) is 7.34. The molecular weight excluding hydrogens is 448 g/mol. The number of carbonyl (C=O) groups is 2. The quantitative estimate of drug-likeness (QED) is 0.0770. The number of unbranched alkanes of at least 4 members (excludes halogenated alkanes) is 26. The summed E-state index contributed by atoms with van der Waals surface area (Å²) in [4.78, 5) is 21.1. The van der Waals surface area contributed by atoms with E-state index in [-0.39, 0.29) is 5.97 Å². The Labute approximate surface area is 224 Å². The first-order chi connectivity index (χ1) is 17.6. The van der Waals surface area contributed by atoms with Crippen LogP contribution in [0.3, 0.4) is 0 Å². The van der Waals surface area contributed by atoms with Crippen molar-refractivity contribution in [1.29, 1.82) is 0 Å². The summed E-state index contributed by atoms with van der Waals surface area (Å²) in [6, 6.07) is 0. The minimum atomic E-state index is -0.655.